The number of rotatable bonds is 3. The molecule has 4 heteroatoms. The van der Waals surface area contributed by atoms with Gasteiger partial charge in [0.1, 0.15) is 0 Å². The van der Waals surface area contributed by atoms with Crippen LogP contribution in [0.4, 0.5) is 17.1 Å². The van der Waals surface area contributed by atoms with E-state index in [9.17, 15) is 0 Å². The van der Waals surface area contributed by atoms with Crippen molar-refractivity contribution < 1.29 is 0 Å². The van der Waals surface area contributed by atoms with E-state index < -0.39 is 0 Å². The van der Waals surface area contributed by atoms with Crippen molar-refractivity contribution in [2.45, 2.75) is 0 Å². The van der Waals surface area contributed by atoms with E-state index in [1.165, 1.54) is 62.2 Å². The number of anilines is 3. The standard InChI is InChI=1S/C34H21NS2.C6H7N/c1-2-8-21(9-3-1)23-18-29(35-24-15-17-31-28(20-24)26-12-6-7-13-30(26)36-31)33-27-16-14-22-10-4-5-11-25(22)34(27)37-32(33)19-23;7-6-4-2-1-3-5-6/h1-20,35H;1-5H,7H2. The van der Waals surface area contributed by atoms with Gasteiger partial charge in [-0.05, 0) is 70.4 Å². The van der Waals surface area contributed by atoms with Crippen molar-refractivity contribution in [1.29, 1.82) is 0 Å². The number of nitrogens with two attached hydrogens (primary N) is 1. The molecule has 9 rings (SSSR count). The maximum atomic E-state index is 5.36. The largest absolute Gasteiger partial charge is 0.399 e. The summed E-state index contributed by atoms with van der Waals surface area (Å²) in [7, 11) is 0. The molecule has 0 bridgehead atoms. The molecule has 0 spiro atoms. The zero-order chi connectivity index (χ0) is 29.5. The van der Waals surface area contributed by atoms with Crippen molar-refractivity contribution in [2.24, 2.45) is 0 Å². The first-order valence-corrected chi connectivity index (χ1v) is 16.3. The van der Waals surface area contributed by atoms with Gasteiger partial charge >= 0.3 is 0 Å². The molecular weight excluding hydrogens is 573 g/mol. The lowest BCUT2D eigenvalue weighted by molar-refractivity contribution is 1.60. The molecule has 2 nitrogen and oxygen atoms in total. The van der Waals surface area contributed by atoms with Crippen molar-refractivity contribution in [3.8, 4) is 11.1 Å². The zero-order valence-electron chi connectivity index (χ0n) is 23.8. The van der Waals surface area contributed by atoms with E-state index in [4.69, 9.17) is 5.73 Å². The highest BCUT2D eigenvalue weighted by atomic mass is 32.1. The highest BCUT2D eigenvalue weighted by Crippen LogP contribution is 2.45. The summed E-state index contributed by atoms with van der Waals surface area (Å²) in [5.41, 5.74) is 10.9. The lowest BCUT2D eigenvalue weighted by Crippen LogP contribution is -1.92. The van der Waals surface area contributed by atoms with Crippen molar-refractivity contribution >= 4 is 90.9 Å². The molecular formula is C40H28N2S2. The van der Waals surface area contributed by atoms with Gasteiger partial charge in [0.2, 0.25) is 0 Å². The van der Waals surface area contributed by atoms with Gasteiger partial charge in [0, 0.05) is 57.4 Å². The van der Waals surface area contributed by atoms with E-state index in [0.29, 0.717) is 0 Å². The molecule has 2 heterocycles. The number of hydrogen-bond donors (Lipinski definition) is 2. The Bertz CT molecular complexity index is 2420. The highest BCUT2D eigenvalue weighted by Gasteiger charge is 2.15. The van der Waals surface area contributed by atoms with Gasteiger partial charge in [-0.3, -0.25) is 0 Å². The highest BCUT2D eigenvalue weighted by molar-refractivity contribution is 7.27. The molecule has 2 aromatic heterocycles. The van der Waals surface area contributed by atoms with Crippen LogP contribution in [0.3, 0.4) is 0 Å². The van der Waals surface area contributed by atoms with E-state index >= 15 is 0 Å². The Morgan fingerprint density at radius 3 is 1.95 bits per heavy atom. The van der Waals surface area contributed by atoms with Crippen LogP contribution in [0.25, 0.3) is 62.2 Å². The third-order valence-electron chi connectivity index (χ3n) is 8.03. The van der Waals surface area contributed by atoms with Gasteiger partial charge in [0.25, 0.3) is 0 Å². The first kappa shape index (κ1) is 26.5. The van der Waals surface area contributed by atoms with E-state index in [-0.39, 0.29) is 0 Å². The van der Waals surface area contributed by atoms with Crippen molar-refractivity contribution in [3.05, 3.63) is 152 Å². The summed E-state index contributed by atoms with van der Waals surface area (Å²) < 4.78 is 5.30. The molecule has 44 heavy (non-hydrogen) atoms. The topological polar surface area (TPSA) is 38.0 Å². The molecule has 210 valence electrons. The zero-order valence-corrected chi connectivity index (χ0v) is 25.5. The number of para-hydroxylation sites is 1. The third-order valence-corrected chi connectivity index (χ3v) is 10.4. The molecule has 0 radical (unpaired) electrons. The van der Waals surface area contributed by atoms with Crippen LogP contribution in [0.5, 0.6) is 0 Å². The van der Waals surface area contributed by atoms with Crippen molar-refractivity contribution in [1.82, 2.24) is 0 Å². The van der Waals surface area contributed by atoms with Gasteiger partial charge in [-0.1, -0.05) is 103 Å². The third kappa shape index (κ3) is 4.84. The number of hydrogen-bond acceptors (Lipinski definition) is 4. The minimum atomic E-state index is 0.822. The quantitative estimate of drug-likeness (QED) is 0.198. The number of benzene rings is 7. The fourth-order valence-corrected chi connectivity index (χ4v) is 8.33. The maximum Gasteiger partial charge on any atom is 0.0485 e. The summed E-state index contributed by atoms with van der Waals surface area (Å²) in [6.45, 7) is 0. The van der Waals surface area contributed by atoms with Crippen LogP contribution in [0.1, 0.15) is 0 Å². The second kappa shape index (κ2) is 11.2. The van der Waals surface area contributed by atoms with Crippen LogP contribution < -0.4 is 11.1 Å². The first-order chi connectivity index (χ1) is 21.7. The minimum Gasteiger partial charge on any atom is -0.399 e. The average Bonchev–Trinajstić information content (AvgIpc) is 3.64. The van der Waals surface area contributed by atoms with E-state index in [0.717, 1.165) is 17.1 Å². The molecule has 7 aromatic carbocycles. The Labute approximate surface area is 263 Å². The van der Waals surface area contributed by atoms with Crippen LogP contribution in [0, 0.1) is 0 Å². The van der Waals surface area contributed by atoms with Gasteiger partial charge in [0.05, 0.1) is 0 Å². The maximum absolute atomic E-state index is 5.36. The molecule has 9 aromatic rings. The second-order valence-electron chi connectivity index (χ2n) is 10.9. The lowest BCUT2D eigenvalue weighted by atomic mass is 10.0. The van der Waals surface area contributed by atoms with Crippen LogP contribution in [-0.4, -0.2) is 0 Å². The Kier molecular flexibility index (Phi) is 6.71. The molecule has 3 N–H and O–H groups in total. The number of thiophene rings is 2. The molecule has 0 aliphatic heterocycles. The molecule has 0 atom stereocenters. The van der Waals surface area contributed by atoms with Crippen LogP contribution in [0.2, 0.25) is 0 Å². The molecule has 0 aliphatic carbocycles. The SMILES string of the molecule is Nc1ccccc1.c1ccc(-c2cc(Nc3ccc4sc5ccccc5c4c3)c3c(c2)sc2c4ccccc4ccc23)cc1. The van der Waals surface area contributed by atoms with E-state index in [2.05, 4.69) is 127 Å². The summed E-state index contributed by atoms with van der Waals surface area (Å²) in [5.74, 6) is 0. The van der Waals surface area contributed by atoms with Gasteiger partial charge in [0.15, 0.2) is 0 Å². The van der Waals surface area contributed by atoms with Crippen LogP contribution >= 0.6 is 22.7 Å². The first-order valence-electron chi connectivity index (χ1n) is 14.6. The fourth-order valence-electron chi connectivity index (χ4n) is 5.94. The molecule has 0 saturated heterocycles. The van der Waals surface area contributed by atoms with Crippen molar-refractivity contribution in [2.75, 3.05) is 11.1 Å². The Morgan fingerprint density at radius 1 is 0.455 bits per heavy atom. The summed E-state index contributed by atoms with van der Waals surface area (Å²) in [6, 6.07) is 53.5. The fraction of sp³-hybridized carbons (Fsp3) is 0. The summed E-state index contributed by atoms with van der Waals surface area (Å²) >= 11 is 3.75. The summed E-state index contributed by atoms with van der Waals surface area (Å²) in [6.07, 6.45) is 0. The lowest BCUT2D eigenvalue weighted by Gasteiger charge is -2.12. The summed E-state index contributed by atoms with van der Waals surface area (Å²) in [5, 5.41) is 11.7. The normalized spacial score (nSPS) is 11.3. The van der Waals surface area contributed by atoms with Gasteiger partial charge in [-0.25, -0.2) is 0 Å². The molecule has 0 unspecified atom stereocenters. The van der Waals surface area contributed by atoms with E-state index in [1.54, 1.807) is 0 Å². The summed E-state index contributed by atoms with van der Waals surface area (Å²) in [4.78, 5) is 0. The number of fused-ring (bicyclic) bond motifs is 8. The van der Waals surface area contributed by atoms with Gasteiger partial charge in [-0.2, -0.15) is 0 Å². The predicted octanol–water partition coefficient (Wildman–Crippen LogP) is 12.3. The molecule has 0 fully saturated rings. The molecule has 0 amide bonds. The average molecular weight is 601 g/mol. The molecule has 0 saturated carbocycles. The van der Waals surface area contributed by atoms with E-state index in [1.807, 2.05) is 53.0 Å². The van der Waals surface area contributed by atoms with Gasteiger partial charge in [-0.15, -0.1) is 22.7 Å². The van der Waals surface area contributed by atoms with Crippen molar-refractivity contribution in [3.63, 3.8) is 0 Å². The van der Waals surface area contributed by atoms with Gasteiger partial charge < -0.3 is 11.1 Å². The van der Waals surface area contributed by atoms with Crippen LogP contribution in [-0.2, 0) is 0 Å². The number of nitrogen functional groups attached to an aromatic ring is 1. The second-order valence-corrected chi connectivity index (χ2v) is 13.0. The monoisotopic (exact) mass is 600 g/mol. The number of nitrogens with one attached hydrogen (secondary N) is 1. The predicted molar refractivity (Wildman–Crippen MR) is 196 cm³/mol. The molecule has 0 aliphatic rings. The van der Waals surface area contributed by atoms with Crippen LogP contribution in [0.15, 0.2) is 152 Å². The Balaban J connectivity index is 0.000000367. The smallest absolute Gasteiger partial charge is 0.0485 e. The minimum absolute atomic E-state index is 0.822. The Morgan fingerprint density at radius 2 is 1.16 bits per heavy atom. The Hall–Kier alpha value is -5.16.